The fourth-order valence-corrected chi connectivity index (χ4v) is 3.74. The number of carbonyl (C=O) groups excluding carboxylic acids is 1. The minimum absolute atomic E-state index is 0.169. The zero-order valence-corrected chi connectivity index (χ0v) is 15.5. The lowest BCUT2D eigenvalue weighted by Crippen LogP contribution is -2.27. The lowest BCUT2D eigenvalue weighted by Gasteiger charge is -2.15. The van der Waals surface area contributed by atoms with Crippen LogP contribution in [0.2, 0.25) is 0 Å². The van der Waals surface area contributed by atoms with E-state index in [1.165, 1.54) is 0 Å². The van der Waals surface area contributed by atoms with Crippen molar-refractivity contribution in [2.24, 2.45) is 7.05 Å². The zero-order chi connectivity index (χ0) is 19.5. The highest BCUT2D eigenvalue weighted by Crippen LogP contribution is 2.34. The molecule has 3 heterocycles. The van der Waals surface area contributed by atoms with Crippen LogP contribution in [-0.2, 0) is 30.3 Å². The Morgan fingerprint density at radius 1 is 1.32 bits per heavy atom. The van der Waals surface area contributed by atoms with Gasteiger partial charge in [0.2, 0.25) is 0 Å². The van der Waals surface area contributed by atoms with Crippen molar-refractivity contribution < 1.29 is 9.90 Å². The van der Waals surface area contributed by atoms with Crippen molar-refractivity contribution in [3.05, 3.63) is 65.5 Å². The molecule has 1 atom stereocenters. The molecule has 8 nitrogen and oxygen atoms in total. The number of aromatic nitrogens is 6. The number of aliphatic hydroxyl groups is 1. The SMILES string of the molecule is Cn1cc(-c2nccn3nc(Cc4ccc5c(c4)CC(=O)C5(C)O)nc23)cn1. The molecule has 5 rings (SSSR count). The maximum absolute atomic E-state index is 12.0. The Kier molecular flexibility index (Phi) is 3.47. The maximum atomic E-state index is 12.0. The third-order valence-corrected chi connectivity index (χ3v) is 5.23. The van der Waals surface area contributed by atoms with E-state index in [1.54, 1.807) is 34.7 Å². The largest absolute Gasteiger partial charge is 0.378 e. The summed E-state index contributed by atoms with van der Waals surface area (Å²) in [7, 11) is 1.86. The van der Waals surface area contributed by atoms with E-state index >= 15 is 0 Å². The van der Waals surface area contributed by atoms with Crippen LogP contribution < -0.4 is 0 Å². The van der Waals surface area contributed by atoms with Crippen LogP contribution in [0.25, 0.3) is 16.9 Å². The number of carbonyl (C=O) groups is 1. The standard InChI is InChI=1S/C20H18N6O2/c1-20(28)15-4-3-12(7-13(15)9-16(20)27)8-17-23-19-18(14-10-22-25(2)11-14)21-5-6-26(19)24-17/h3-7,10-11,28H,8-9H2,1-2H3. The molecule has 1 N–H and O–H groups in total. The summed E-state index contributed by atoms with van der Waals surface area (Å²) in [6.45, 7) is 1.55. The average Bonchev–Trinajstić information content (AvgIpc) is 3.31. The van der Waals surface area contributed by atoms with Gasteiger partial charge in [0.05, 0.1) is 6.20 Å². The van der Waals surface area contributed by atoms with E-state index in [4.69, 9.17) is 0 Å². The number of benzene rings is 1. The maximum Gasteiger partial charge on any atom is 0.182 e. The Labute approximate surface area is 160 Å². The zero-order valence-electron chi connectivity index (χ0n) is 15.5. The smallest absolute Gasteiger partial charge is 0.182 e. The molecule has 0 aliphatic heterocycles. The summed E-state index contributed by atoms with van der Waals surface area (Å²) in [6, 6.07) is 5.70. The minimum Gasteiger partial charge on any atom is -0.378 e. The van der Waals surface area contributed by atoms with Crippen molar-refractivity contribution in [3.63, 3.8) is 0 Å². The van der Waals surface area contributed by atoms with Crippen molar-refractivity contribution in [1.29, 1.82) is 0 Å². The van der Waals surface area contributed by atoms with Gasteiger partial charge in [0.1, 0.15) is 11.3 Å². The molecule has 1 aliphatic carbocycles. The molecule has 0 saturated carbocycles. The van der Waals surface area contributed by atoms with Gasteiger partial charge in [-0.2, -0.15) is 10.2 Å². The number of hydrogen-bond donors (Lipinski definition) is 1. The van der Waals surface area contributed by atoms with Crippen molar-refractivity contribution in [3.8, 4) is 11.3 Å². The molecule has 4 aromatic rings. The van der Waals surface area contributed by atoms with E-state index in [1.807, 2.05) is 31.4 Å². The van der Waals surface area contributed by atoms with Crippen LogP contribution in [0.5, 0.6) is 0 Å². The summed E-state index contributed by atoms with van der Waals surface area (Å²) in [6.07, 6.45) is 7.88. The van der Waals surface area contributed by atoms with Gasteiger partial charge in [-0.05, 0) is 23.6 Å². The molecule has 140 valence electrons. The first kappa shape index (κ1) is 16.8. The third-order valence-electron chi connectivity index (χ3n) is 5.23. The minimum atomic E-state index is -1.39. The molecule has 28 heavy (non-hydrogen) atoms. The topological polar surface area (TPSA) is 98.2 Å². The average molecular weight is 374 g/mol. The fraction of sp³-hybridized carbons (Fsp3) is 0.250. The molecule has 0 radical (unpaired) electrons. The summed E-state index contributed by atoms with van der Waals surface area (Å²) in [5.74, 6) is 0.492. The van der Waals surface area contributed by atoms with Crippen LogP contribution in [0.15, 0.2) is 43.0 Å². The molecule has 0 bridgehead atoms. The number of rotatable bonds is 3. The van der Waals surface area contributed by atoms with Gasteiger partial charge in [-0.25, -0.2) is 9.50 Å². The first-order chi connectivity index (χ1) is 13.4. The van der Waals surface area contributed by atoms with Gasteiger partial charge in [0.25, 0.3) is 0 Å². The predicted molar refractivity (Wildman–Crippen MR) is 101 cm³/mol. The Bertz CT molecular complexity index is 1240. The van der Waals surface area contributed by atoms with E-state index in [0.29, 0.717) is 23.5 Å². The van der Waals surface area contributed by atoms with Gasteiger partial charge in [0.15, 0.2) is 17.3 Å². The highest BCUT2D eigenvalue weighted by molar-refractivity contribution is 5.94. The molecular weight excluding hydrogens is 356 g/mol. The Morgan fingerprint density at radius 3 is 2.96 bits per heavy atom. The molecule has 0 fully saturated rings. The van der Waals surface area contributed by atoms with E-state index in [2.05, 4.69) is 20.2 Å². The normalized spacial score (nSPS) is 18.8. The van der Waals surface area contributed by atoms with Crippen molar-refractivity contribution >= 4 is 11.4 Å². The Balaban J connectivity index is 1.50. The first-order valence-electron chi connectivity index (χ1n) is 8.99. The monoisotopic (exact) mass is 374 g/mol. The number of nitrogens with zero attached hydrogens (tertiary/aromatic N) is 6. The summed E-state index contributed by atoms with van der Waals surface area (Å²) in [5, 5.41) is 19.1. The third kappa shape index (κ3) is 2.53. The number of Topliss-reactive ketones (excluding diaryl/α,β-unsaturated/α-hetero) is 1. The quantitative estimate of drug-likeness (QED) is 0.583. The van der Waals surface area contributed by atoms with Crippen LogP contribution >= 0.6 is 0 Å². The number of fused-ring (bicyclic) bond motifs is 2. The van der Waals surface area contributed by atoms with Crippen LogP contribution in [-0.4, -0.2) is 40.3 Å². The lowest BCUT2D eigenvalue weighted by molar-refractivity contribution is -0.133. The lowest BCUT2D eigenvalue weighted by atomic mass is 9.96. The Morgan fingerprint density at radius 2 is 2.18 bits per heavy atom. The molecule has 1 unspecified atom stereocenters. The first-order valence-corrected chi connectivity index (χ1v) is 8.99. The van der Waals surface area contributed by atoms with Crippen molar-refractivity contribution in [2.75, 3.05) is 0 Å². The van der Waals surface area contributed by atoms with Gasteiger partial charge in [-0.3, -0.25) is 14.5 Å². The second-order valence-corrected chi connectivity index (χ2v) is 7.32. The van der Waals surface area contributed by atoms with Crippen molar-refractivity contribution in [1.82, 2.24) is 29.4 Å². The summed E-state index contributed by atoms with van der Waals surface area (Å²) in [5.41, 5.74) is 3.44. The second kappa shape index (κ2) is 5.80. The van der Waals surface area contributed by atoms with Crippen LogP contribution in [0, 0.1) is 0 Å². The molecule has 8 heteroatoms. The van der Waals surface area contributed by atoms with Crippen LogP contribution in [0.4, 0.5) is 0 Å². The number of hydrogen-bond acceptors (Lipinski definition) is 6. The highest BCUT2D eigenvalue weighted by atomic mass is 16.3. The summed E-state index contributed by atoms with van der Waals surface area (Å²) in [4.78, 5) is 21.1. The van der Waals surface area contributed by atoms with Gasteiger partial charge in [0, 0.05) is 44.0 Å². The van der Waals surface area contributed by atoms with E-state index in [-0.39, 0.29) is 12.2 Å². The van der Waals surface area contributed by atoms with E-state index in [0.717, 1.165) is 22.4 Å². The molecule has 1 aromatic carbocycles. The summed E-state index contributed by atoms with van der Waals surface area (Å²) >= 11 is 0. The van der Waals surface area contributed by atoms with E-state index in [9.17, 15) is 9.90 Å². The number of ketones is 1. The fourth-order valence-electron chi connectivity index (χ4n) is 3.74. The van der Waals surface area contributed by atoms with E-state index < -0.39 is 5.60 Å². The molecular formula is C20H18N6O2. The molecule has 0 spiro atoms. The number of aryl methyl sites for hydroxylation is 1. The van der Waals surface area contributed by atoms with Crippen molar-refractivity contribution in [2.45, 2.75) is 25.4 Å². The van der Waals surface area contributed by atoms with Gasteiger partial charge in [-0.15, -0.1) is 0 Å². The molecule has 0 amide bonds. The Hall–Kier alpha value is -3.39. The summed E-state index contributed by atoms with van der Waals surface area (Å²) < 4.78 is 3.44. The predicted octanol–water partition coefficient (Wildman–Crippen LogP) is 1.45. The van der Waals surface area contributed by atoms with Gasteiger partial charge >= 0.3 is 0 Å². The van der Waals surface area contributed by atoms with Gasteiger partial charge < -0.3 is 5.11 Å². The van der Waals surface area contributed by atoms with Crippen LogP contribution in [0.1, 0.15) is 29.4 Å². The molecule has 3 aromatic heterocycles. The highest BCUT2D eigenvalue weighted by Gasteiger charge is 2.40. The van der Waals surface area contributed by atoms with Gasteiger partial charge in [-0.1, -0.05) is 18.2 Å². The second-order valence-electron chi connectivity index (χ2n) is 7.32. The van der Waals surface area contributed by atoms with Crippen LogP contribution in [0.3, 0.4) is 0 Å². The molecule has 1 aliphatic rings. The molecule has 0 saturated heterocycles.